The Morgan fingerprint density at radius 2 is 1.96 bits per heavy atom. The highest BCUT2D eigenvalue weighted by molar-refractivity contribution is 8.00. The fraction of sp³-hybridized carbons (Fsp3) is 0.200. The summed E-state index contributed by atoms with van der Waals surface area (Å²) in [7, 11) is 0. The molecule has 6 nitrogen and oxygen atoms in total. The SMILES string of the molecule is Cc1ccc(-c2nnc(S[C@H](C)C(=O)Nc3ccccc3C#N)o2)cc1C. The Hall–Kier alpha value is -3.11. The van der Waals surface area contributed by atoms with E-state index in [0.29, 0.717) is 22.4 Å². The van der Waals surface area contributed by atoms with Gasteiger partial charge in [-0.3, -0.25) is 4.79 Å². The summed E-state index contributed by atoms with van der Waals surface area (Å²) in [6.45, 7) is 5.81. The van der Waals surface area contributed by atoms with Crippen LogP contribution in [0.25, 0.3) is 11.5 Å². The Labute approximate surface area is 161 Å². The highest BCUT2D eigenvalue weighted by Gasteiger charge is 2.20. The first-order valence-corrected chi connectivity index (χ1v) is 9.23. The van der Waals surface area contributed by atoms with Crippen LogP contribution in [-0.4, -0.2) is 21.4 Å². The number of nitrogens with zero attached hydrogens (tertiary/aromatic N) is 3. The topological polar surface area (TPSA) is 91.8 Å². The molecule has 0 spiro atoms. The number of amides is 1. The van der Waals surface area contributed by atoms with Gasteiger partial charge in [0, 0.05) is 5.56 Å². The van der Waals surface area contributed by atoms with Gasteiger partial charge in [0.25, 0.3) is 5.22 Å². The number of carbonyl (C=O) groups excluding carboxylic acids is 1. The van der Waals surface area contributed by atoms with Gasteiger partial charge in [-0.05, 0) is 56.2 Å². The standard InChI is InChI=1S/C20H18N4O2S/c1-12-8-9-15(10-13(12)2)19-23-24-20(26-19)27-14(3)18(25)22-17-7-5-4-6-16(17)11-21/h4-10,14H,1-3H3,(H,22,25)/t14-/m1/s1. The summed E-state index contributed by atoms with van der Waals surface area (Å²) in [6, 6.07) is 14.8. The third-order valence-corrected chi connectivity index (χ3v) is 5.05. The fourth-order valence-electron chi connectivity index (χ4n) is 2.38. The van der Waals surface area contributed by atoms with Crippen molar-refractivity contribution in [3.63, 3.8) is 0 Å². The zero-order valence-corrected chi connectivity index (χ0v) is 16.0. The minimum Gasteiger partial charge on any atom is -0.411 e. The van der Waals surface area contributed by atoms with E-state index in [9.17, 15) is 4.79 Å². The van der Waals surface area contributed by atoms with Gasteiger partial charge in [-0.2, -0.15) is 5.26 Å². The summed E-state index contributed by atoms with van der Waals surface area (Å²) in [5.41, 5.74) is 4.08. The fourth-order valence-corrected chi connectivity index (χ4v) is 3.06. The van der Waals surface area contributed by atoms with Crippen molar-refractivity contribution in [1.29, 1.82) is 5.26 Å². The molecule has 7 heteroatoms. The summed E-state index contributed by atoms with van der Waals surface area (Å²) in [4.78, 5) is 12.4. The van der Waals surface area contributed by atoms with Gasteiger partial charge in [-0.25, -0.2) is 0 Å². The van der Waals surface area contributed by atoms with Crippen LogP contribution in [0.4, 0.5) is 5.69 Å². The maximum atomic E-state index is 12.4. The zero-order chi connectivity index (χ0) is 19.4. The number of nitrogens with one attached hydrogen (secondary N) is 1. The Kier molecular flexibility index (Phi) is 5.57. The Balaban J connectivity index is 1.68. The van der Waals surface area contributed by atoms with Gasteiger partial charge in [-0.15, -0.1) is 10.2 Å². The molecule has 0 aliphatic rings. The largest absolute Gasteiger partial charge is 0.411 e. The van der Waals surface area contributed by atoms with Crippen LogP contribution in [0, 0.1) is 25.2 Å². The molecule has 0 saturated carbocycles. The predicted octanol–water partition coefficient (Wildman–Crippen LogP) is 4.34. The zero-order valence-electron chi connectivity index (χ0n) is 15.2. The molecule has 2 aromatic carbocycles. The van der Waals surface area contributed by atoms with Crippen molar-refractivity contribution in [2.45, 2.75) is 31.2 Å². The second-order valence-corrected chi connectivity index (χ2v) is 7.37. The quantitative estimate of drug-likeness (QED) is 0.664. The van der Waals surface area contributed by atoms with Crippen LogP contribution in [0.3, 0.4) is 0 Å². The molecule has 3 rings (SSSR count). The first-order chi connectivity index (χ1) is 13.0. The van der Waals surface area contributed by atoms with Crippen molar-refractivity contribution in [3.8, 4) is 17.5 Å². The maximum absolute atomic E-state index is 12.4. The highest BCUT2D eigenvalue weighted by Crippen LogP contribution is 2.28. The molecule has 0 aliphatic heterocycles. The lowest BCUT2D eigenvalue weighted by Gasteiger charge is -2.10. The lowest BCUT2D eigenvalue weighted by Crippen LogP contribution is -2.22. The number of hydrogen-bond donors (Lipinski definition) is 1. The number of nitriles is 1. The van der Waals surface area contributed by atoms with Crippen molar-refractivity contribution in [3.05, 3.63) is 59.2 Å². The van der Waals surface area contributed by atoms with Crippen molar-refractivity contribution in [1.82, 2.24) is 10.2 Å². The summed E-state index contributed by atoms with van der Waals surface area (Å²) < 4.78 is 5.69. The van der Waals surface area contributed by atoms with Crippen molar-refractivity contribution < 1.29 is 9.21 Å². The van der Waals surface area contributed by atoms with Crippen molar-refractivity contribution >= 4 is 23.4 Å². The Morgan fingerprint density at radius 3 is 2.70 bits per heavy atom. The molecule has 136 valence electrons. The molecule has 1 heterocycles. The van der Waals surface area contributed by atoms with E-state index in [1.165, 1.54) is 17.3 Å². The van der Waals surface area contributed by atoms with Crippen LogP contribution in [0.15, 0.2) is 52.1 Å². The van der Waals surface area contributed by atoms with Crippen LogP contribution in [0.1, 0.15) is 23.6 Å². The van der Waals surface area contributed by atoms with E-state index in [4.69, 9.17) is 9.68 Å². The van der Waals surface area contributed by atoms with Crippen LogP contribution >= 0.6 is 11.8 Å². The van der Waals surface area contributed by atoms with Gasteiger partial charge in [0.2, 0.25) is 11.8 Å². The number of hydrogen-bond acceptors (Lipinski definition) is 6. The summed E-state index contributed by atoms with van der Waals surface area (Å²) in [5.74, 6) is 0.177. The Morgan fingerprint density at radius 1 is 1.19 bits per heavy atom. The number of carbonyl (C=O) groups is 1. The average molecular weight is 378 g/mol. The lowest BCUT2D eigenvalue weighted by atomic mass is 10.1. The van der Waals surface area contributed by atoms with Gasteiger partial charge >= 0.3 is 0 Å². The van der Waals surface area contributed by atoms with Crippen LogP contribution < -0.4 is 5.32 Å². The third-order valence-electron chi connectivity index (χ3n) is 4.11. The van der Waals surface area contributed by atoms with Gasteiger partial charge in [-0.1, -0.05) is 30.0 Å². The molecule has 3 aromatic rings. The van der Waals surface area contributed by atoms with E-state index >= 15 is 0 Å². The molecule has 0 unspecified atom stereocenters. The number of benzene rings is 2. The lowest BCUT2D eigenvalue weighted by molar-refractivity contribution is -0.115. The molecule has 27 heavy (non-hydrogen) atoms. The monoisotopic (exact) mass is 378 g/mol. The number of aryl methyl sites for hydroxylation is 2. The number of aromatic nitrogens is 2. The van der Waals surface area contributed by atoms with Gasteiger partial charge in [0.15, 0.2) is 0 Å². The molecule has 1 aromatic heterocycles. The van der Waals surface area contributed by atoms with E-state index in [1.54, 1.807) is 31.2 Å². The second-order valence-electron chi connectivity index (χ2n) is 6.08. The van der Waals surface area contributed by atoms with Gasteiger partial charge in [0.05, 0.1) is 16.5 Å². The summed E-state index contributed by atoms with van der Waals surface area (Å²) >= 11 is 1.17. The molecule has 0 radical (unpaired) electrons. The maximum Gasteiger partial charge on any atom is 0.277 e. The molecule has 1 atom stereocenters. The van der Waals surface area contributed by atoms with E-state index in [2.05, 4.69) is 21.6 Å². The van der Waals surface area contributed by atoms with Crippen molar-refractivity contribution in [2.24, 2.45) is 0 Å². The number of anilines is 1. The molecule has 1 N–H and O–H groups in total. The molecular formula is C20H18N4O2S. The van der Waals surface area contributed by atoms with Gasteiger partial charge < -0.3 is 9.73 Å². The minimum absolute atomic E-state index is 0.242. The van der Waals surface area contributed by atoms with Crippen LogP contribution in [-0.2, 0) is 4.79 Å². The highest BCUT2D eigenvalue weighted by atomic mass is 32.2. The van der Waals surface area contributed by atoms with E-state index < -0.39 is 5.25 Å². The number of thioether (sulfide) groups is 1. The molecular weight excluding hydrogens is 360 g/mol. The number of rotatable bonds is 5. The second kappa shape index (κ2) is 8.06. The molecule has 0 saturated heterocycles. The minimum atomic E-state index is -0.468. The molecule has 0 bridgehead atoms. The first-order valence-electron chi connectivity index (χ1n) is 8.35. The summed E-state index contributed by atoms with van der Waals surface area (Å²) in [6.07, 6.45) is 0. The first kappa shape index (κ1) is 18.7. The Bertz CT molecular complexity index is 1020. The van der Waals surface area contributed by atoms with E-state index in [-0.39, 0.29) is 5.91 Å². The van der Waals surface area contributed by atoms with Gasteiger partial charge in [0.1, 0.15) is 6.07 Å². The van der Waals surface area contributed by atoms with E-state index in [0.717, 1.165) is 11.1 Å². The molecule has 0 fully saturated rings. The normalized spacial score (nSPS) is 11.6. The molecule has 0 aliphatic carbocycles. The van der Waals surface area contributed by atoms with Crippen LogP contribution in [0.2, 0.25) is 0 Å². The molecule has 1 amide bonds. The smallest absolute Gasteiger partial charge is 0.277 e. The third kappa shape index (κ3) is 4.36. The van der Waals surface area contributed by atoms with Crippen molar-refractivity contribution in [2.75, 3.05) is 5.32 Å². The van der Waals surface area contributed by atoms with E-state index in [1.807, 2.05) is 32.0 Å². The average Bonchev–Trinajstić information content (AvgIpc) is 3.12. The predicted molar refractivity (Wildman–Crippen MR) is 104 cm³/mol. The number of para-hydroxylation sites is 1. The van der Waals surface area contributed by atoms with Crippen LogP contribution in [0.5, 0.6) is 0 Å². The summed E-state index contributed by atoms with van der Waals surface area (Å²) in [5, 5.41) is 19.8.